The minimum absolute atomic E-state index is 0.0452. The molecule has 2 aliphatic rings. The number of Topliss-reactive ketones (excluding diaryl/α,β-unsaturated/α-hetero) is 1. The van der Waals surface area contributed by atoms with Crippen LogP contribution in [0.2, 0.25) is 0 Å². The van der Waals surface area contributed by atoms with Gasteiger partial charge < -0.3 is 10.2 Å². The fourth-order valence-corrected chi connectivity index (χ4v) is 5.13. The SMILES string of the molecule is CC(=O)c1cccc(NC(=O)N2CCN(C3CCS(=O)(=O)C3)CC2)c1. The molecule has 2 fully saturated rings. The number of carbonyl (C=O) groups is 2. The zero-order valence-electron chi connectivity index (χ0n) is 14.3. The van der Waals surface area contributed by atoms with Gasteiger partial charge in [0.15, 0.2) is 15.6 Å². The van der Waals surface area contributed by atoms with E-state index < -0.39 is 9.84 Å². The zero-order valence-corrected chi connectivity index (χ0v) is 15.1. The molecule has 0 saturated carbocycles. The lowest BCUT2D eigenvalue weighted by atomic mass is 10.1. The van der Waals surface area contributed by atoms with E-state index in [9.17, 15) is 18.0 Å². The van der Waals surface area contributed by atoms with E-state index in [4.69, 9.17) is 0 Å². The Kier molecular flexibility index (Phi) is 5.10. The van der Waals surface area contributed by atoms with Crippen molar-refractivity contribution in [1.82, 2.24) is 9.80 Å². The van der Waals surface area contributed by atoms with Gasteiger partial charge in [0, 0.05) is 43.5 Å². The number of carbonyl (C=O) groups excluding carboxylic acids is 2. The average Bonchev–Trinajstić information content (AvgIpc) is 2.95. The number of urea groups is 1. The molecule has 2 aliphatic heterocycles. The van der Waals surface area contributed by atoms with Crippen molar-refractivity contribution in [2.24, 2.45) is 0 Å². The molecule has 8 heteroatoms. The van der Waals surface area contributed by atoms with E-state index in [-0.39, 0.29) is 29.4 Å². The highest BCUT2D eigenvalue weighted by Crippen LogP contribution is 2.19. The molecule has 0 spiro atoms. The van der Waals surface area contributed by atoms with Gasteiger partial charge in [-0.15, -0.1) is 0 Å². The van der Waals surface area contributed by atoms with Crippen LogP contribution in [0.15, 0.2) is 24.3 Å². The largest absolute Gasteiger partial charge is 0.322 e. The fraction of sp³-hybridized carbons (Fsp3) is 0.529. The van der Waals surface area contributed by atoms with Gasteiger partial charge >= 0.3 is 6.03 Å². The second kappa shape index (κ2) is 7.13. The lowest BCUT2D eigenvalue weighted by Gasteiger charge is -2.37. The number of anilines is 1. The molecular weight excluding hydrogens is 342 g/mol. The summed E-state index contributed by atoms with van der Waals surface area (Å²) in [5.41, 5.74) is 1.16. The minimum Gasteiger partial charge on any atom is -0.322 e. The number of ketones is 1. The molecular formula is C17H23N3O4S. The second-order valence-electron chi connectivity index (χ2n) is 6.65. The van der Waals surface area contributed by atoms with Gasteiger partial charge in [0.2, 0.25) is 0 Å². The van der Waals surface area contributed by atoms with Gasteiger partial charge in [0.1, 0.15) is 0 Å². The van der Waals surface area contributed by atoms with Crippen molar-refractivity contribution in [3.05, 3.63) is 29.8 Å². The third-order valence-corrected chi connectivity index (χ3v) is 6.60. The van der Waals surface area contributed by atoms with Crippen LogP contribution >= 0.6 is 0 Å². The van der Waals surface area contributed by atoms with Crippen molar-refractivity contribution in [2.45, 2.75) is 19.4 Å². The first-order valence-corrected chi connectivity index (χ1v) is 10.3. The van der Waals surface area contributed by atoms with Crippen LogP contribution in [0, 0.1) is 0 Å². The molecule has 1 unspecified atom stereocenters. The number of sulfone groups is 1. The van der Waals surface area contributed by atoms with Crippen molar-refractivity contribution in [1.29, 1.82) is 0 Å². The predicted molar refractivity (Wildman–Crippen MR) is 95.7 cm³/mol. The lowest BCUT2D eigenvalue weighted by Crippen LogP contribution is -2.53. The minimum atomic E-state index is -2.89. The van der Waals surface area contributed by atoms with Gasteiger partial charge in [0.25, 0.3) is 0 Å². The highest BCUT2D eigenvalue weighted by Gasteiger charge is 2.34. The molecule has 1 N–H and O–H groups in total. The van der Waals surface area contributed by atoms with Crippen LogP contribution in [0.4, 0.5) is 10.5 Å². The average molecular weight is 365 g/mol. The number of rotatable bonds is 3. The molecule has 1 aromatic rings. The fourth-order valence-electron chi connectivity index (χ4n) is 3.37. The summed E-state index contributed by atoms with van der Waals surface area (Å²) >= 11 is 0. The van der Waals surface area contributed by atoms with Gasteiger partial charge in [-0.1, -0.05) is 12.1 Å². The highest BCUT2D eigenvalue weighted by atomic mass is 32.2. The van der Waals surface area contributed by atoms with Crippen LogP contribution in [-0.2, 0) is 9.84 Å². The number of hydrogen-bond acceptors (Lipinski definition) is 5. The molecule has 0 aromatic heterocycles. The molecule has 3 rings (SSSR count). The normalized spacial score (nSPS) is 23.4. The molecule has 25 heavy (non-hydrogen) atoms. The standard InChI is InChI=1S/C17H23N3O4S/c1-13(21)14-3-2-4-15(11-14)18-17(22)20-8-6-19(7-9-20)16-5-10-25(23,24)12-16/h2-4,11,16H,5-10,12H2,1H3,(H,18,22). The highest BCUT2D eigenvalue weighted by molar-refractivity contribution is 7.91. The van der Waals surface area contributed by atoms with E-state index in [1.54, 1.807) is 29.2 Å². The molecule has 7 nitrogen and oxygen atoms in total. The number of nitrogens with one attached hydrogen (secondary N) is 1. The number of amides is 2. The quantitative estimate of drug-likeness (QED) is 0.814. The monoisotopic (exact) mass is 365 g/mol. The Morgan fingerprint density at radius 2 is 1.88 bits per heavy atom. The first-order chi connectivity index (χ1) is 11.8. The summed E-state index contributed by atoms with van der Waals surface area (Å²) in [5, 5.41) is 2.82. The number of nitrogens with zero attached hydrogens (tertiary/aromatic N) is 2. The lowest BCUT2D eigenvalue weighted by molar-refractivity contribution is 0.101. The summed E-state index contributed by atoms with van der Waals surface area (Å²) < 4.78 is 23.2. The molecule has 2 saturated heterocycles. The van der Waals surface area contributed by atoms with Gasteiger partial charge in [-0.2, -0.15) is 0 Å². The van der Waals surface area contributed by atoms with Gasteiger partial charge in [-0.25, -0.2) is 13.2 Å². The molecule has 1 atom stereocenters. The van der Waals surface area contributed by atoms with Crippen molar-refractivity contribution in [3.63, 3.8) is 0 Å². The van der Waals surface area contributed by atoms with Crippen molar-refractivity contribution >= 4 is 27.3 Å². The first kappa shape index (κ1) is 17.9. The Labute approximate surface area is 147 Å². The molecule has 0 aliphatic carbocycles. The Morgan fingerprint density at radius 1 is 1.16 bits per heavy atom. The molecule has 0 radical (unpaired) electrons. The van der Waals surface area contributed by atoms with E-state index in [1.165, 1.54) is 6.92 Å². The summed E-state index contributed by atoms with van der Waals surface area (Å²) in [6, 6.07) is 6.77. The number of benzene rings is 1. The topological polar surface area (TPSA) is 86.8 Å². The Bertz CT molecular complexity index is 770. The van der Waals surface area contributed by atoms with E-state index in [0.717, 1.165) is 0 Å². The Hall–Kier alpha value is -1.93. The maximum atomic E-state index is 12.4. The second-order valence-corrected chi connectivity index (χ2v) is 8.88. The van der Waals surface area contributed by atoms with Gasteiger partial charge in [-0.3, -0.25) is 9.69 Å². The van der Waals surface area contributed by atoms with Crippen LogP contribution in [0.3, 0.4) is 0 Å². The number of hydrogen-bond donors (Lipinski definition) is 1. The van der Waals surface area contributed by atoms with Crippen LogP contribution in [0.5, 0.6) is 0 Å². The Balaban J connectivity index is 1.53. The van der Waals surface area contributed by atoms with Crippen LogP contribution in [0.25, 0.3) is 0 Å². The summed E-state index contributed by atoms with van der Waals surface area (Å²) in [6.45, 7) is 3.98. The first-order valence-electron chi connectivity index (χ1n) is 8.45. The predicted octanol–water partition coefficient (Wildman–Crippen LogP) is 1.23. The number of piperazine rings is 1. The third kappa shape index (κ3) is 4.38. The molecule has 136 valence electrons. The zero-order chi connectivity index (χ0) is 18.0. The molecule has 1 aromatic carbocycles. The molecule has 2 amide bonds. The molecule has 2 heterocycles. The van der Waals surface area contributed by atoms with Crippen LogP contribution in [0.1, 0.15) is 23.7 Å². The summed E-state index contributed by atoms with van der Waals surface area (Å²) in [7, 11) is -2.89. The van der Waals surface area contributed by atoms with E-state index in [1.807, 2.05) is 0 Å². The summed E-state index contributed by atoms with van der Waals surface area (Å²) in [4.78, 5) is 27.7. The molecule has 0 bridgehead atoms. The van der Waals surface area contributed by atoms with Crippen molar-refractivity contribution < 1.29 is 18.0 Å². The van der Waals surface area contributed by atoms with Crippen molar-refractivity contribution in [2.75, 3.05) is 43.0 Å². The van der Waals surface area contributed by atoms with Gasteiger partial charge in [0.05, 0.1) is 11.5 Å². The third-order valence-electron chi connectivity index (χ3n) is 4.85. The van der Waals surface area contributed by atoms with E-state index in [2.05, 4.69) is 10.2 Å². The van der Waals surface area contributed by atoms with Crippen LogP contribution in [-0.4, -0.2) is 73.8 Å². The maximum Gasteiger partial charge on any atom is 0.321 e. The van der Waals surface area contributed by atoms with Gasteiger partial charge in [-0.05, 0) is 25.5 Å². The van der Waals surface area contributed by atoms with E-state index in [0.29, 0.717) is 43.9 Å². The summed E-state index contributed by atoms with van der Waals surface area (Å²) in [6.07, 6.45) is 0.687. The smallest absolute Gasteiger partial charge is 0.321 e. The van der Waals surface area contributed by atoms with Crippen molar-refractivity contribution in [3.8, 4) is 0 Å². The van der Waals surface area contributed by atoms with E-state index >= 15 is 0 Å². The van der Waals surface area contributed by atoms with Crippen LogP contribution < -0.4 is 5.32 Å². The maximum absolute atomic E-state index is 12.4. The summed E-state index contributed by atoms with van der Waals surface area (Å²) in [5.74, 6) is 0.457. The Morgan fingerprint density at radius 3 is 2.48 bits per heavy atom.